The van der Waals surface area contributed by atoms with Crippen LogP contribution >= 0.6 is 0 Å². The highest BCUT2D eigenvalue weighted by Crippen LogP contribution is 2.14. The number of non-ortho nitro benzene ring substituents is 1. The van der Waals surface area contributed by atoms with Crippen molar-refractivity contribution in [1.29, 1.82) is 0 Å². The molecule has 1 aromatic carbocycles. The van der Waals surface area contributed by atoms with E-state index in [4.69, 9.17) is 4.74 Å². The third-order valence-corrected chi connectivity index (χ3v) is 2.92. The largest absolute Gasteiger partial charge is 0.468 e. The molecule has 0 N–H and O–H groups in total. The maximum Gasteiger partial charge on any atom is 0.325 e. The minimum atomic E-state index is -0.543. The van der Waals surface area contributed by atoms with Crippen LogP contribution in [0.3, 0.4) is 0 Å². The summed E-state index contributed by atoms with van der Waals surface area (Å²) in [5, 5.41) is 10.7. The third-order valence-electron chi connectivity index (χ3n) is 2.92. The lowest BCUT2D eigenvalue weighted by Gasteiger charge is -2.19. The van der Waals surface area contributed by atoms with Crippen LogP contribution in [0.15, 0.2) is 30.3 Å². The van der Waals surface area contributed by atoms with Crippen LogP contribution in [0.1, 0.15) is 5.56 Å². The van der Waals surface area contributed by atoms with Gasteiger partial charge < -0.3 is 14.4 Å². The standard InChI is InChI=1S/C15H18N2O6/c1-22-9-8-16(11-15(19)23-2)14(18)7-6-12-4-3-5-13(10-12)17(20)21/h3-7,10H,8-9,11H2,1-2H3/b7-6-. The molecule has 0 atom stereocenters. The van der Waals surface area contributed by atoms with Gasteiger partial charge in [0.15, 0.2) is 0 Å². The van der Waals surface area contributed by atoms with Gasteiger partial charge in [-0.05, 0) is 11.6 Å². The molecule has 1 rings (SSSR count). The molecule has 0 radical (unpaired) electrons. The van der Waals surface area contributed by atoms with Crippen molar-refractivity contribution < 1.29 is 24.0 Å². The minimum absolute atomic E-state index is 0.0644. The maximum absolute atomic E-state index is 12.1. The number of ether oxygens (including phenoxy) is 2. The predicted molar refractivity (Wildman–Crippen MR) is 82.6 cm³/mol. The third kappa shape index (κ3) is 6.27. The van der Waals surface area contributed by atoms with E-state index in [1.807, 2.05) is 0 Å². The molecule has 0 aliphatic heterocycles. The number of carbonyl (C=O) groups excluding carboxylic acids is 2. The lowest BCUT2D eigenvalue weighted by atomic mass is 10.2. The molecule has 1 amide bonds. The number of esters is 1. The number of nitrogens with zero attached hydrogens (tertiary/aromatic N) is 2. The zero-order valence-corrected chi connectivity index (χ0v) is 12.9. The van der Waals surface area contributed by atoms with Gasteiger partial charge in [-0.3, -0.25) is 19.7 Å². The molecule has 0 unspecified atom stereocenters. The number of nitro benzene ring substituents is 1. The van der Waals surface area contributed by atoms with E-state index in [0.717, 1.165) is 0 Å². The Balaban J connectivity index is 2.81. The van der Waals surface area contributed by atoms with Crippen molar-refractivity contribution in [3.63, 3.8) is 0 Å². The highest BCUT2D eigenvalue weighted by Gasteiger charge is 2.15. The average molecular weight is 322 g/mol. The van der Waals surface area contributed by atoms with Gasteiger partial charge >= 0.3 is 5.97 Å². The maximum atomic E-state index is 12.1. The van der Waals surface area contributed by atoms with Crippen molar-refractivity contribution in [2.75, 3.05) is 33.9 Å². The molecule has 0 spiro atoms. The monoisotopic (exact) mass is 322 g/mol. The highest BCUT2D eigenvalue weighted by molar-refractivity contribution is 5.93. The van der Waals surface area contributed by atoms with Gasteiger partial charge in [-0.1, -0.05) is 12.1 Å². The summed E-state index contributed by atoms with van der Waals surface area (Å²) in [5.41, 5.74) is 0.447. The van der Waals surface area contributed by atoms with Crippen molar-refractivity contribution in [3.05, 3.63) is 46.0 Å². The second-order valence-corrected chi connectivity index (χ2v) is 4.51. The van der Waals surface area contributed by atoms with E-state index in [1.54, 1.807) is 6.07 Å². The first-order chi connectivity index (χ1) is 11.0. The van der Waals surface area contributed by atoms with Crippen LogP contribution in [0.5, 0.6) is 0 Å². The van der Waals surface area contributed by atoms with E-state index in [-0.39, 0.29) is 25.4 Å². The van der Waals surface area contributed by atoms with E-state index >= 15 is 0 Å². The van der Waals surface area contributed by atoms with Crippen LogP contribution in [0.2, 0.25) is 0 Å². The van der Waals surface area contributed by atoms with Crippen molar-refractivity contribution in [2.24, 2.45) is 0 Å². The Morgan fingerprint density at radius 2 is 2.09 bits per heavy atom. The molecule has 8 nitrogen and oxygen atoms in total. The summed E-state index contributed by atoms with van der Waals surface area (Å²) >= 11 is 0. The van der Waals surface area contributed by atoms with Crippen molar-refractivity contribution >= 4 is 23.6 Å². The number of hydrogen-bond acceptors (Lipinski definition) is 6. The zero-order valence-electron chi connectivity index (χ0n) is 12.9. The Kier molecular flexibility index (Phi) is 7.41. The topological polar surface area (TPSA) is 99.0 Å². The second kappa shape index (κ2) is 9.31. The van der Waals surface area contributed by atoms with Crippen LogP contribution in [0.25, 0.3) is 6.08 Å². The molecule has 0 saturated heterocycles. The first-order valence-corrected chi connectivity index (χ1v) is 6.75. The Hall–Kier alpha value is -2.74. The van der Waals surface area contributed by atoms with E-state index in [9.17, 15) is 19.7 Å². The van der Waals surface area contributed by atoms with Crippen molar-refractivity contribution in [1.82, 2.24) is 4.90 Å². The van der Waals surface area contributed by atoms with Gasteiger partial charge in [0, 0.05) is 31.9 Å². The summed E-state index contributed by atoms with van der Waals surface area (Å²) in [6, 6.07) is 5.88. The molecule has 0 bridgehead atoms. The van der Waals surface area contributed by atoms with Crippen LogP contribution in [-0.4, -0.2) is 55.6 Å². The molecule has 0 aliphatic rings. The number of rotatable bonds is 8. The molecule has 0 heterocycles. The molecule has 0 saturated carbocycles. The zero-order chi connectivity index (χ0) is 17.2. The molecule has 0 fully saturated rings. The van der Waals surface area contributed by atoms with Crippen molar-refractivity contribution in [2.45, 2.75) is 0 Å². The fourth-order valence-electron chi connectivity index (χ4n) is 1.70. The van der Waals surface area contributed by atoms with Crippen LogP contribution in [0.4, 0.5) is 5.69 Å². The molecular weight excluding hydrogens is 304 g/mol. The molecule has 124 valence electrons. The van der Waals surface area contributed by atoms with Crippen LogP contribution in [-0.2, 0) is 19.1 Å². The quantitative estimate of drug-likeness (QED) is 0.309. The molecule has 23 heavy (non-hydrogen) atoms. The summed E-state index contributed by atoms with van der Waals surface area (Å²) < 4.78 is 9.44. The molecule has 0 aliphatic carbocycles. The number of carbonyl (C=O) groups is 2. The van der Waals surface area contributed by atoms with Gasteiger partial charge in [-0.15, -0.1) is 0 Å². The SMILES string of the molecule is COCCN(CC(=O)OC)C(=O)/C=C\c1cccc([N+](=O)[O-])c1. The van der Waals surface area contributed by atoms with E-state index in [1.165, 1.54) is 49.5 Å². The Labute approximate surface area is 133 Å². The number of hydrogen-bond donors (Lipinski definition) is 0. The predicted octanol–water partition coefficient (Wildman–Crippen LogP) is 1.26. The summed E-state index contributed by atoms with van der Waals surface area (Å²) in [4.78, 5) is 34.9. The molecular formula is C15H18N2O6. The van der Waals surface area contributed by atoms with Gasteiger partial charge in [-0.2, -0.15) is 0 Å². The van der Waals surface area contributed by atoms with Gasteiger partial charge in [0.05, 0.1) is 18.6 Å². The first-order valence-electron chi connectivity index (χ1n) is 6.75. The number of benzene rings is 1. The highest BCUT2D eigenvalue weighted by atomic mass is 16.6. The smallest absolute Gasteiger partial charge is 0.325 e. The summed E-state index contributed by atoms with van der Waals surface area (Å²) in [6.45, 7) is 0.301. The van der Waals surface area contributed by atoms with Crippen LogP contribution < -0.4 is 0 Å². The van der Waals surface area contributed by atoms with E-state index in [2.05, 4.69) is 4.74 Å². The Morgan fingerprint density at radius 3 is 2.70 bits per heavy atom. The second-order valence-electron chi connectivity index (χ2n) is 4.51. The van der Waals surface area contributed by atoms with Gasteiger partial charge in [-0.25, -0.2) is 0 Å². The van der Waals surface area contributed by atoms with Gasteiger partial charge in [0.1, 0.15) is 6.54 Å². The normalized spacial score (nSPS) is 10.5. The van der Waals surface area contributed by atoms with E-state index in [0.29, 0.717) is 5.56 Å². The fourth-order valence-corrected chi connectivity index (χ4v) is 1.70. The van der Waals surface area contributed by atoms with Gasteiger partial charge in [0.2, 0.25) is 5.91 Å². The number of methoxy groups -OCH3 is 2. The summed E-state index contributed by atoms with van der Waals surface area (Å²) in [6.07, 6.45) is 2.70. The number of amides is 1. The lowest BCUT2D eigenvalue weighted by Crippen LogP contribution is -2.37. The fraction of sp³-hybridized carbons (Fsp3) is 0.333. The van der Waals surface area contributed by atoms with Gasteiger partial charge in [0.25, 0.3) is 5.69 Å². The Morgan fingerprint density at radius 1 is 1.35 bits per heavy atom. The minimum Gasteiger partial charge on any atom is -0.468 e. The van der Waals surface area contributed by atoms with Crippen molar-refractivity contribution in [3.8, 4) is 0 Å². The van der Waals surface area contributed by atoms with E-state index < -0.39 is 16.8 Å². The average Bonchev–Trinajstić information content (AvgIpc) is 2.56. The number of nitro groups is 1. The molecule has 0 aromatic heterocycles. The summed E-state index contributed by atoms with van der Waals surface area (Å²) in [5.74, 6) is -0.961. The first kappa shape index (κ1) is 18.3. The lowest BCUT2D eigenvalue weighted by molar-refractivity contribution is -0.384. The van der Waals surface area contributed by atoms with Crippen LogP contribution in [0, 0.1) is 10.1 Å². The molecule has 8 heteroatoms. The summed E-state index contributed by atoms with van der Waals surface area (Å²) in [7, 11) is 2.72. The Bertz CT molecular complexity index is 599. The molecule has 1 aromatic rings.